The van der Waals surface area contributed by atoms with Crippen molar-refractivity contribution in [2.75, 3.05) is 17.9 Å². The number of nitrogens with zero attached hydrogens (tertiary/aromatic N) is 2. The third kappa shape index (κ3) is 3.04. The number of aryl methyl sites for hydroxylation is 1. The molecule has 1 aromatic rings. The standard InChI is InChI=1S/C10H16N4O3S2/c1-14-10(8(6-12-14)9(11)18)13-19(15,16)7-2-4-17-5-3-7/h6-7,13H,2-5H2,1H3,(H2,11,18). The zero-order valence-electron chi connectivity index (χ0n) is 10.5. The van der Waals surface area contributed by atoms with Gasteiger partial charge in [0.15, 0.2) is 0 Å². The second kappa shape index (κ2) is 5.43. The molecule has 0 saturated carbocycles. The Hall–Kier alpha value is -1.19. The molecule has 19 heavy (non-hydrogen) atoms. The second-order valence-corrected chi connectivity index (χ2v) is 6.75. The Kier molecular flexibility index (Phi) is 4.07. The van der Waals surface area contributed by atoms with Crippen LogP contribution in [0.15, 0.2) is 6.20 Å². The van der Waals surface area contributed by atoms with Crippen molar-refractivity contribution in [1.82, 2.24) is 9.78 Å². The minimum absolute atomic E-state index is 0.109. The van der Waals surface area contributed by atoms with Gasteiger partial charge in [-0.05, 0) is 12.8 Å². The second-order valence-electron chi connectivity index (χ2n) is 4.35. The van der Waals surface area contributed by atoms with Crippen LogP contribution < -0.4 is 10.5 Å². The maximum absolute atomic E-state index is 12.3. The molecule has 2 rings (SSSR count). The summed E-state index contributed by atoms with van der Waals surface area (Å²) in [6.07, 6.45) is 2.41. The van der Waals surface area contributed by atoms with Crippen molar-refractivity contribution in [3.05, 3.63) is 11.8 Å². The van der Waals surface area contributed by atoms with Crippen molar-refractivity contribution in [3.63, 3.8) is 0 Å². The average molecular weight is 304 g/mol. The van der Waals surface area contributed by atoms with E-state index in [1.807, 2.05) is 0 Å². The Morgan fingerprint density at radius 1 is 1.58 bits per heavy atom. The highest BCUT2D eigenvalue weighted by molar-refractivity contribution is 7.93. The molecule has 7 nitrogen and oxygen atoms in total. The molecule has 3 N–H and O–H groups in total. The van der Waals surface area contributed by atoms with E-state index < -0.39 is 15.3 Å². The third-order valence-electron chi connectivity index (χ3n) is 3.05. The quantitative estimate of drug-likeness (QED) is 0.758. The van der Waals surface area contributed by atoms with Gasteiger partial charge in [-0.2, -0.15) is 5.10 Å². The largest absolute Gasteiger partial charge is 0.389 e. The van der Waals surface area contributed by atoms with Crippen LogP contribution in [0.1, 0.15) is 18.4 Å². The van der Waals surface area contributed by atoms with E-state index in [9.17, 15) is 8.42 Å². The van der Waals surface area contributed by atoms with Gasteiger partial charge in [-0.3, -0.25) is 9.40 Å². The Morgan fingerprint density at radius 2 is 2.21 bits per heavy atom. The number of sulfonamides is 1. The summed E-state index contributed by atoms with van der Waals surface area (Å²) in [5.41, 5.74) is 5.97. The first-order chi connectivity index (χ1) is 8.92. The highest BCUT2D eigenvalue weighted by Gasteiger charge is 2.29. The molecule has 1 aliphatic rings. The Morgan fingerprint density at radius 3 is 2.79 bits per heavy atom. The molecule has 0 spiro atoms. The van der Waals surface area contributed by atoms with E-state index in [0.29, 0.717) is 37.4 Å². The molecule has 1 aromatic heterocycles. The fraction of sp³-hybridized carbons (Fsp3) is 0.600. The summed E-state index contributed by atoms with van der Waals surface area (Å²) >= 11 is 4.88. The molecular weight excluding hydrogens is 288 g/mol. The predicted molar refractivity (Wildman–Crippen MR) is 75.5 cm³/mol. The maximum atomic E-state index is 12.3. The summed E-state index contributed by atoms with van der Waals surface area (Å²) in [4.78, 5) is 0.109. The molecule has 1 saturated heterocycles. The first-order valence-electron chi connectivity index (χ1n) is 5.83. The van der Waals surface area contributed by atoms with Gasteiger partial charge >= 0.3 is 0 Å². The van der Waals surface area contributed by atoms with E-state index in [1.54, 1.807) is 7.05 Å². The molecule has 0 amide bonds. The summed E-state index contributed by atoms with van der Waals surface area (Å²) in [6.45, 7) is 0.915. The number of anilines is 1. The van der Waals surface area contributed by atoms with E-state index >= 15 is 0 Å². The van der Waals surface area contributed by atoms with E-state index in [4.69, 9.17) is 22.7 Å². The van der Waals surface area contributed by atoms with E-state index in [0.717, 1.165) is 0 Å². The lowest BCUT2D eigenvalue weighted by Gasteiger charge is -2.23. The van der Waals surface area contributed by atoms with Crippen molar-refractivity contribution in [3.8, 4) is 0 Å². The van der Waals surface area contributed by atoms with Gasteiger partial charge in [-0.15, -0.1) is 0 Å². The van der Waals surface area contributed by atoms with Crippen molar-refractivity contribution >= 4 is 33.0 Å². The lowest BCUT2D eigenvalue weighted by atomic mass is 10.2. The van der Waals surface area contributed by atoms with Crippen molar-refractivity contribution in [2.24, 2.45) is 12.8 Å². The number of hydrogen-bond acceptors (Lipinski definition) is 5. The highest BCUT2D eigenvalue weighted by Crippen LogP contribution is 2.21. The molecule has 2 heterocycles. The fourth-order valence-corrected chi connectivity index (χ4v) is 3.58. The van der Waals surface area contributed by atoms with Crippen LogP contribution in [0.5, 0.6) is 0 Å². The topological polar surface area (TPSA) is 99.2 Å². The highest BCUT2D eigenvalue weighted by atomic mass is 32.2. The molecule has 0 bridgehead atoms. The molecule has 0 radical (unpaired) electrons. The van der Waals surface area contributed by atoms with Gasteiger partial charge in [0.05, 0.1) is 17.0 Å². The Labute approximate surface area is 117 Å². The van der Waals surface area contributed by atoms with Gasteiger partial charge in [0.25, 0.3) is 0 Å². The first kappa shape index (κ1) is 14.2. The molecule has 0 atom stereocenters. The molecular formula is C10H16N4O3S2. The van der Waals surface area contributed by atoms with E-state index in [1.165, 1.54) is 10.9 Å². The lowest BCUT2D eigenvalue weighted by molar-refractivity contribution is 0.0984. The zero-order valence-corrected chi connectivity index (χ0v) is 12.1. The number of aromatic nitrogens is 2. The normalized spacial score (nSPS) is 17.3. The third-order valence-corrected chi connectivity index (χ3v) is 5.10. The van der Waals surface area contributed by atoms with Gasteiger partial charge in [0.1, 0.15) is 10.8 Å². The van der Waals surface area contributed by atoms with Crippen molar-refractivity contribution in [1.29, 1.82) is 0 Å². The molecule has 0 unspecified atom stereocenters. The first-order valence-corrected chi connectivity index (χ1v) is 7.78. The van der Waals surface area contributed by atoms with E-state index in [-0.39, 0.29) is 4.99 Å². The van der Waals surface area contributed by atoms with Crippen molar-refractivity contribution in [2.45, 2.75) is 18.1 Å². The maximum Gasteiger partial charge on any atom is 0.236 e. The number of thiocarbonyl (C=S) groups is 1. The molecule has 1 aliphatic heterocycles. The number of ether oxygens (including phenoxy) is 1. The summed E-state index contributed by atoms with van der Waals surface area (Å²) in [5.74, 6) is 0.305. The smallest absolute Gasteiger partial charge is 0.236 e. The fourth-order valence-electron chi connectivity index (χ4n) is 1.94. The van der Waals surface area contributed by atoms with Crippen LogP contribution in [0.4, 0.5) is 5.82 Å². The lowest BCUT2D eigenvalue weighted by Crippen LogP contribution is -2.34. The number of rotatable bonds is 4. The van der Waals surface area contributed by atoms with Crippen molar-refractivity contribution < 1.29 is 13.2 Å². The van der Waals surface area contributed by atoms with Crippen LogP contribution in [0.3, 0.4) is 0 Å². The van der Waals surface area contributed by atoms with Gasteiger partial charge in [-0.25, -0.2) is 8.42 Å². The van der Waals surface area contributed by atoms with Crippen LogP contribution in [0.25, 0.3) is 0 Å². The van der Waals surface area contributed by atoms with Crippen LogP contribution in [0.2, 0.25) is 0 Å². The molecule has 106 valence electrons. The summed E-state index contributed by atoms with van der Waals surface area (Å²) in [7, 11) is -1.86. The number of nitrogens with two attached hydrogens (primary N) is 1. The number of hydrogen-bond donors (Lipinski definition) is 2. The molecule has 1 fully saturated rings. The van der Waals surface area contributed by atoms with Gasteiger partial charge in [-0.1, -0.05) is 12.2 Å². The van der Waals surface area contributed by atoms with Crippen LogP contribution in [-0.4, -0.2) is 41.7 Å². The van der Waals surface area contributed by atoms with Crippen LogP contribution in [-0.2, 0) is 21.8 Å². The van der Waals surface area contributed by atoms with Gasteiger partial charge < -0.3 is 10.5 Å². The minimum atomic E-state index is -3.49. The van der Waals surface area contributed by atoms with E-state index in [2.05, 4.69) is 9.82 Å². The SMILES string of the molecule is Cn1ncc(C(N)=S)c1NS(=O)(=O)C1CCOCC1. The van der Waals surface area contributed by atoms with Gasteiger partial charge in [0, 0.05) is 20.3 Å². The number of nitrogens with one attached hydrogen (secondary N) is 1. The summed E-state index contributed by atoms with van der Waals surface area (Å²) < 4.78 is 33.7. The minimum Gasteiger partial charge on any atom is -0.389 e. The van der Waals surface area contributed by atoms with Gasteiger partial charge in [0.2, 0.25) is 10.0 Å². The summed E-state index contributed by atoms with van der Waals surface area (Å²) in [6, 6.07) is 0. The Balaban J connectivity index is 2.24. The molecule has 0 aromatic carbocycles. The molecule has 0 aliphatic carbocycles. The van der Waals surface area contributed by atoms with Crippen LogP contribution >= 0.6 is 12.2 Å². The Bertz CT molecular complexity index is 576. The van der Waals surface area contributed by atoms with Crippen LogP contribution in [0, 0.1) is 0 Å². The summed E-state index contributed by atoms with van der Waals surface area (Å²) in [5, 5.41) is 3.50. The monoisotopic (exact) mass is 304 g/mol. The molecule has 9 heteroatoms. The predicted octanol–water partition coefficient (Wildman–Crippen LogP) is -0.0250. The average Bonchev–Trinajstić information content (AvgIpc) is 2.72. The zero-order chi connectivity index (χ0) is 14.0.